The van der Waals surface area contributed by atoms with Crippen molar-refractivity contribution in [1.82, 2.24) is 9.47 Å². The molecule has 28 heavy (non-hydrogen) atoms. The van der Waals surface area contributed by atoms with Crippen LogP contribution in [0.4, 0.5) is 10.1 Å². The third-order valence-corrected chi connectivity index (χ3v) is 5.30. The first-order valence-corrected chi connectivity index (χ1v) is 9.40. The van der Waals surface area contributed by atoms with Gasteiger partial charge < -0.3 is 14.4 Å². The molecule has 2 heterocycles. The Labute approximate surface area is 163 Å². The van der Waals surface area contributed by atoms with Crippen LogP contribution in [0.3, 0.4) is 0 Å². The number of fused-ring (bicyclic) bond motifs is 1. The van der Waals surface area contributed by atoms with Crippen LogP contribution in [0.5, 0.6) is 0 Å². The summed E-state index contributed by atoms with van der Waals surface area (Å²) in [4.78, 5) is 28.7. The van der Waals surface area contributed by atoms with E-state index in [0.29, 0.717) is 31.7 Å². The number of hydrogen-bond donors (Lipinski definition) is 0. The lowest BCUT2D eigenvalue weighted by Gasteiger charge is -2.36. The Kier molecular flexibility index (Phi) is 4.86. The minimum atomic E-state index is -0.249. The molecule has 0 radical (unpaired) electrons. The zero-order valence-electron chi connectivity index (χ0n) is 15.8. The average molecular weight is 379 g/mol. The summed E-state index contributed by atoms with van der Waals surface area (Å²) in [6.07, 6.45) is 1.78. The Bertz CT molecular complexity index is 1020. The number of carbonyl (C=O) groups excluding carboxylic acids is 2. The van der Waals surface area contributed by atoms with E-state index in [1.54, 1.807) is 25.3 Å². The van der Waals surface area contributed by atoms with Crippen molar-refractivity contribution in [2.24, 2.45) is 0 Å². The number of nitrogens with zero attached hydrogens (tertiary/aromatic N) is 3. The third-order valence-electron chi connectivity index (χ3n) is 5.30. The minimum Gasteiger partial charge on any atom is -0.368 e. The van der Waals surface area contributed by atoms with Gasteiger partial charge in [-0.15, -0.1) is 0 Å². The highest BCUT2D eigenvalue weighted by Gasteiger charge is 2.22. The Balaban J connectivity index is 1.45. The summed E-state index contributed by atoms with van der Waals surface area (Å²) in [6, 6.07) is 14.1. The van der Waals surface area contributed by atoms with E-state index in [-0.39, 0.29) is 24.1 Å². The van der Waals surface area contributed by atoms with Crippen LogP contribution in [0.25, 0.3) is 10.9 Å². The third kappa shape index (κ3) is 3.50. The van der Waals surface area contributed by atoms with Crippen molar-refractivity contribution in [2.75, 3.05) is 31.1 Å². The molecule has 2 aromatic carbocycles. The molecule has 1 amide bonds. The van der Waals surface area contributed by atoms with E-state index in [1.807, 2.05) is 33.7 Å². The fraction of sp³-hybridized carbons (Fsp3) is 0.273. The van der Waals surface area contributed by atoms with Crippen LogP contribution in [0, 0.1) is 5.82 Å². The van der Waals surface area contributed by atoms with Gasteiger partial charge in [0.1, 0.15) is 12.4 Å². The van der Waals surface area contributed by atoms with Crippen molar-refractivity contribution in [2.45, 2.75) is 13.5 Å². The van der Waals surface area contributed by atoms with Crippen molar-refractivity contribution in [3.8, 4) is 0 Å². The van der Waals surface area contributed by atoms with Gasteiger partial charge in [0.05, 0.1) is 0 Å². The number of aromatic nitrogens is 1. The minimum absolute atomic E-state index is 0.00434. The number of halogens is 1. The smallest absolute Gasteiger partial charge is 0.242 e. The van der Waals surface area contributed by atoms with Crippen molar-refractivity contribution in [3.63, 3.8) is 0 Å². The lowest BCUT2D eigenvalue weighted by Crippen LogP contribution is -2.49. The molecule has 0 atom stereocenters. The van der Waals surface area contributed by atoms with Crippen LogP contribution in [0.15, 0.2) is 54.7 Å². The molecule has 3 aromatic rings. The molecule has 0 aliphatic carbocycles. The van der Waals surface area contributed by atoms with Gasteiger partial charge in [0.2, 0.25) is 5.91 Å². The molecular weight excluding hydrogens is 357 g/mol. The topological polar surface area (TPSA) is 45.6 Å². The quantitative estimate of drug-likeness (QED) is 0.653. The van der Waals surface area contributed by atoms with Gasteiger partial charge in [0.25, 0.3) is 0 Å². The van der Waals surface area contributed by atoms with Gasteiger partial charge in [-0.25, -0.2) is 4.39 Å². The molecule has 144 valence electrons. The largest absolute Gasteiger partial charge is 0.368 e. The van der Waals surface area contributed by atoms with Crippen molar-refractivity contribution in [3.05, 3.63) is 66.1 Å². The van der Waals surface area contributed by atoms with Crippen molar-refractivity contribution in [1.29, 1.82) is 0 Å². The van der Waals surface area contributed by atoms with Gasteiger partial charge in [0.15, 0.2) is 5.78 Å². The lowest BCUT2D eigenvalue weighted by molar-refractivity contribution is -0.132. The van der Waals surface area contributed by atoms with E-state index in [4.69, 9.17) is 0 Å². The SMILES string of the molecule is CC(=O)c1cn(CC(=O)N2CCN(c3ccc(F)cc3)CC2)c2ccccc12. The second-order valence-electron chi connectivity index (χ2n) is 7.09. The molecule has 1 saturated heterocycles. The summed E-state index contributed by atoms with van der Waals surface area (Å²) in [6.45, 7) is 4.42. The van der Waals surface area contributed by atoms with Crippen LogP contribution in [-0.4, -0.2) is 47.3 Å². The number of piperazine rings is 1. The van der Waals surface area contributed by atoms with Gasteiger partial charge in [-0.1, -0.05) is 18.2 Å². The molecule has 0 spiro atoms. The molecule has 0 bridgehead atoms. The number of para-hydroxylation sites is 1. The number of benzene rings is 2. The second kappa shape index (κ2) is 7.46. The van der Waals surface area contributed by atoms with Crippen LogP contribution in [0.1, 0.15) is 17.3 Å². The summed E-state index contributed by atoms with van der Waals surface area (Å²) >= 11 is 0. The zero-order chi connectivity index (χ0) is 19.7. The summed E-state index contributed by atoms with van der Waals surface area (Å²) < 4.78 is 15.0. The maximum atomic E-state index is 13.1. The molecule has 0 saturated carbocycles. The van der Waals surface area contributed by atoms with E-state index >= 15 is 0 Å². The Morgan fingerprint density at radius 3 is 2.32 bits per heavy atom. The lowest BCUT2D eigenvalue weighted by atomic mass is 10.1. The van der Waals surface area contributed by atoms with E-state index in [0.717, 1.165) is 16.6 Å². The predicted octanol–water partition coefficient (Wildman–Crippen LogP) is 3.33. The van der Waals surface area contributed by atoms with Gasteiger partial charge in [0, 0.05) is 54.5 Å². The average Bonchev–Trinajstić information content (AvgIpc) is 3.08. The molecular formula is C22H22FN3O2. The summed E-state index contributed by atoms with van der Waals surface area (Å²) in [5.41, 5.74) is 2.51. The Morgan fingerprint density at radius 2 is 1.64 bits per heavy atom. The number of rotatable bonds is 4. The fourth-order valence-corrected chi connectivity index (χ4v) is 3.77. The summed E-state index contributed by atoms with van der Waals surface area (Å²) in [5.74, 6) is -0.216. The van der Waals surface area contributed by atoms with Gasteiger partial charge in [-0.3, -0.25) is 9.59 Å². The summed E-state index contributed by atoms with van der Waals surface area (Å²) in [7, 11) is 0. The maximum Gasteiger partial charge on any atom is 0.242 e. The Hall–Kier alpha value is -3.15. The number of Topliss-reactive ketones (excluding diaryl/α,β-unsaturated/α-hetero) is 1. The fourth-order valence-electron chi connectivity index (χ4n) is 3.77. The molecule has 6 heteroatoms. The first-order chi connectivity index (χ1) is 13.5. The van der Waals surface area contributed by atoms with Crippen LogP contribution in [0.2, 0.25) is 0 Å². The molecule has 5 nitrogen and oxygen atoms in total. The van der Waals surface area contributed by atoms with E-state index in [1.165, 1.54) is 12.1 Å². The van der Waals surface area contributed by atoms with Gasteiger partial charge >= 0.3 is 0 Å². The van der Waals surface area contributed by atoms with Crippen LogP contribution in [-0.2, 0) is 11.3 Å². The van der Waals surface area contributed by atoms with Gasteiger partial charge in [-0.2, -0.15) is 0 Å². The molecule has 0 unspecified atom stereocenters. The van der Waals surface area contributed by atoms with Crippen molar-refractivity contribution >= 4 is 28.3 Å². The molecule has 4 rings (SSSR count). The normalized spacial score (nSPS) is 14.5. The van der Waals surface area contributed by atoms with Crippen LogP contribution >= 0.6 is 0 Å². The number of carbonyl (C=O) groups is 2. The highest BCUT2D eigenvalue weighted by molar-refractivity contribution is 6.07. The maximum absolute atomic E-state index is 13.1. The molecule has 1 aromatic heterocycles. The van der Waals surface area contributed by atoms with E-state index < -0.39 is 0 Å². The zero-order valence-corrected chi connectivity index (χ0v) is 15.8. The predicted molar refractivity (Wildman–Crippen MR) is 107 cm³/mol. The molecule has 1 aliphatic rings. The standard InChI is InChI=1S/C22H22FN3O2/c1-16(27)20-14-26(21-5-3-2-4-19(20)21)15-22(28)25-12-10-24(11-13-25)18-8-6-17(23)7-9-18/h2-9,14H,10-13,15H2,1H3. The molecule has 0 N–H and O–H groups in total. The number of anilines is 1. The Morgan fingerprint density at radius 1 is 0.964 bits per heavy atom. The molecule has 1 aliphatic heterocycles. The monoisotopic (exact) mass is 379 g/mol. The van der Waals surface area contributed by atoms with Crippen LogP contribution < -0.4 is 4.90 Å². The number of amides is 1. The van der Waals surface area contributed by atoms with E-state index in [9.17, 15) is 14.0 Å². The first-order valence-electron chi connectivity index (χ1n) is 9.40. The number of ketones is 1. The highest BCUT2D eigenvalue weighted by atomic mass is 19.1. The summed E-state index contributed by atoms with van der Waals surface area (Å²) in [5, 5.41) is 0.879. The first kappa shape index (κ1) is 18.2. The number of hydrogen-bond acceptors (Lipinski definition) is 3. The van der Waals surface area contributed by atoms with Crippen molar-refractivity contribution < 1.29 is 14.0 Å². The molecule has 1 fully saturated rings. The highest BCUT2D eigenvalue weighted by Crippen LogP contribution is 2.22. The van der Waals surface area contributed by atoms with E-state index in [2.05, 4.69) is 4.90 Å². The second-order valence-corrected chi connectivity index (χ2v) is 7.09. The van der Waals surface area contributed by atoms with Gasteiger partial charge in [-0.05, 0) is 37.3 Å².